The normalized spacial score (nSPS) is 27.5. The summed E-state index contributed by atoms with van der Waals surface area (Å²) in [5.41, 5.74) is 1.99. The lowest BCUT2D eigenvalue weighted by atomic mass is 9.73. The molecule has 0 aliphatic carbocycles. The van der Waals surface area contributed by atoms with E-state index in [9.17, 15) is 4.79 Å². The van der Waals surface area contributed by atoms with E-state index in [0.717, 1.165) is 41.7 Å². The number of fused-ring (bicyclic) bond motifs is 4. The molecule has 3 aliphatic heterocycles. The Morgan fingerprint density at radius 2 is 2.29 bits per heavy atom. The second-order valence-corrected chi connectivity index (χ2v) is 7.96. The summed E-state index contributed by atoms with van der Waals surface area (Å²) in [5, 5.41) is 1.03. The number of rotatable bonds is 7. The van der Waals surface area contributed by atoms with E-state index in [1.807, 2.05) is 30.5 Å². The molecular weight excluding hydrogens is 352 g/mol. The van der Waals surface area contributed by atoms with Gasteiger partial charge in [0.25, 0.3) is 0 Å². The number of aromatic nitrogens is 1. The van der Waals surface area contributed by atoms with Crippen LogP contribution in [-0.2, 0) is 9.53 Å². The van der Waals surface area contributed by atoms with E-state index in [4.69, 9.17) is 9.47 Å². The molecule has 0 radical (unpaired) electrons. The molecule has 1 aromatic carbocycles. The second-order valence-electron chi connectivity index (χ2n) is 7.96. The van der Waals surface area contributed by atoms with Gasteiger partial charge in [0.1, 0.15) is 12.4 Å². The van der Waals surface area contributed by atoms with Gasteiger partial charge in [-0.05, 0) is 68.0 Å². The lowest BCUT2D eigenvalue weighted by Gasteiger charge is -2.51. The molecule has 0 amide bonds. The highest BCUT2D eigenvalue weighted by molar-refractivity contribution is 5.84. The summed E-state index contributed by atoms with van der Waals surface area (Å²) in [6.07, 6.45) is 6.03. The van der Waals surface area contributed by atoms with Crippen molar-refractivity contribution < 1.29 is 14.3 Å². The van der Waals surface area contributed by atoms with Crippen LogP contribution in [0.4, 0.5) is 0 Å². The van der Waals surface area contributed by atoms with Crippen LogP contribution in [0, 0.1) is 11.8 Å². The molecule has 3 fully saturated rings. The quantitative estimate of drug-likeness (QED) is 0.684. The molecule has 2 bridgehead atoms. The number of benzene rings is 1. The highest BCUT2D eigenvalue weighted by atomic mass is 16.5. The van der Waals surface area contributed by atoms with Gasteiger partial charge < -0.3 is 9.47 Å². The molecule has 148 valence electrons. The summed E-state index contributed by atoms with van der Waals surface area (Å²) in [7, 11) is 1.67. The van der Waals surface area contributed by atoms with Crippen molar-refractivity contribution in [2.75, 3.05) is 26.8 Å². The van der Waals surface area contributed by atoms with Gasteiger partial charge in [0.05, 0.1) is 18.7 Å². The Morgan fingerprint density at radius 3 is 2.96 bits per heavy atom. The molecule has 4 heterocycles. The summed E-state index contributed by atoms with van der Waals surface area (Å²) < 4.78 is 11.7. The molecule has 28 heavy (non-hydrogen) atoms. The number of nitrogens with zero attached hydrogens (tertiary/aromatic N) is 2. The monoisotopic (exact) mass is 380 g/mol. The van der Waals surface area contributed by atoms with Crippen molar-refractivity contribution >= 4 is 16.7 Å². The molecule has 2 unspecified atom stereocenters. The lowest BCUT2D eigenvalue weighted by molar-refractivity contribution is -0.128. The molecule has 5 atom stereocenters. The number of carbonyl (C=O) groups excluding carboxylic acids is 1. The minimum absolute atomic E-state index is 0.0425. The van der Waals surface area contributed by atoms with E-state index in [2.05, 4.69) is 22.5 Å². The largest absolute Gasteiger partial charge is 0.497 e. The number of ether oxygens (including phenoxy) is 2. The average Bonchev–Trinajstić information content (AvgIpc) is 2.73. The first kappa shape index (κ1) is 19.1. The Bertz CT molecular complexity index is 881. The molecule has 3 saturated heterocycles. The van der Waals surface area contributed by atoms with Gasteiger partial charge in [0.15, 0.2) is 5.78 Å². The van der Waals surface area contributed by atoms with E-state index in [1.165, 1.54) is 6.42 Å². The Balaban J connectivity index is 1.74. The number of ketones is 1. The first-order chi connectivity index (χ1) is 13.6. The summed E-state index contributed by atoms with van der Waals surface area (Å²) in [6.45, 7) is 7.82. The van der Waals surface area contributed by atoms with Crippen LogP contribution in [0.2, 0.25) is 0 Å². The maximum atomic E-state index is 11.7. The van der Waals surface area contributed by atoms with Crippen LogP contribution in [0.3, 0.4) is 0 Å². The van der Waals surface area contributed by atoms with E-state index >= 15 is 0 Å². The average molecular weight is 380 g/mol. The predicted octanol–water partition coefficient (Wildman–Crippen LogP) is 3.79. The minimum Gasteiger partial charge on any atom is -0.497 e. The van der Waals surface area contributed by atoms with Crippen LogP contribution >= 0.6 is 0 Å². The number of pyridine rings is 1. The lowest BCUT2D eigenvalue weighted by Crippen LogP contribution is -2.55. The minimum atomic E-state index is -0.171. The zero-order chi connectivity index (χ0) is 19.7. The van der Waals surface area contributed by atoms with Crippen molar-refractivity contribution in [2.24, 2.45) is 11.8 Å². The summed E-state index contributed by atoms with van der Waals surface area (Å²) in [4.78, 5) is 18.7. The zero-order valence-corrected chi connectivity index (χ0v) is 16.6. The SMILES string of the molecule is C=C[C@H]1CN2CCC1C[C@@H]2[C@@H](OCC(C)=O)c1ccnc2ccc(OC)cc12. The van der Waals surface area contributed by atoms with Crippen LogP contribution in [0.25, 0.3) is 10.9 Å². The van der Waals surface area contributed by atoms with Gasteiger partial charge in [-0.2, -0.15) is 0 Å². The second kappa shape index (κ2) is 8.02. The van der Waals surface area contributed by atoms with Gasteiger partial charge in [-0.25, -0.2) is 0 Å². The van der Waals surface area contributed by atoms with Crippen molar-refractivity contribution in [1.82, 2.24) is 9.88 Å². The Hall–Kier alpha value is -2.24. The van der Waals surface area contributed by atoms with E-state index < -0.39 is 0 Å². The van der Waals surface area contributed by atoms with Crippen molar-refractivity contribution in [1.29, 1.82) is 0 Å². The number of Topliss-reactive ketones (excluding diaryl/α,β-unsaturated/α-hetero) is 1. The summed E-state index contributed by atoms with van der Waals surface area (Å²) >= 11 is 0. The van der Waals surface area contributed by atoms with Crippen LogP contribution in [0.1, 0.15) is 31.4 Å². The highest BCUT2D eigenvalue weighted by Gasteiger charge is 2.43. The van der Waals surface area contributed by atoms with Crippen molar-refractivity contribution in [3.8, 4) is 5.75 Å². The first-order valence-corrected chi connectivity index (χ1v) is 10.0. The Kier molecular flexibility index (Phi) is 5.47. The fourth-order valence-electron chi connectivity index (χ4n) is 4.83. The molecule has 1 aromatic heterocycles. The van der Waals surface area contributed by atoms with Crippen LogP contribution in [0.15, 0.2) is 43.1 Å². The number of carbonyl (C=O) groups is 1. The molecule has 5 rings (SSSR count). The number of hydrogen-bond donors (Lipinski definition) is 0. The first-order valence-electron chi connectivity index (χ1n) is 10.0. The van der Waals surface area contributed by atoms with E-state index in [1.54, 1.807) is 14.0 Å². The summed E-state index contributed by atoms with van der Waals surface area (Å²) in [5.74, 6) is 2.02. The number of piperidine rings is 3. The summed E-state index contributed by atoms with van der Waals surface area (Å²) in [6, 6.07) is 8.20. The molecule has 0 spiro atoms. The molecule has 3 aliphatic rings. The molecule has 0 saturated carbocycles. The third kappa shape index (κ3) is 3.56. The van der Waals surface area contributed by atoms with Crippen LogP contribution in [-0.4, -0.2) is 48.5 Å². The van der Waals surface area contributed by atoms with E-state index in [0.29, 0.717) is 11.8 Å². The fourth-order valence-corrected chi connectivity index (χ4v) is 4.83. The van der Waals surface area contributed by atoms with Gasteiger partial charge >= 0.3 is 0 Å². The topological polar surface area (TPSA) is 51.7 Å². The molecule has 2 aromatic rings. The number of hydrogen-bond acceptors (Lipinski definition) is 5. The maximum absolute atomic E-state index is 11.7. The smallest absolute Gasteiger partial charge is 0.155 e. The zero-order valence-electron chi connectivity index (χ0n) is 16.6. The van der Waals surface area contributed by atoms with Gasteiger partial charge in [0.2, 0.25) is 0 Å². The Morgan fingerprint density at radius 1 is 1.43 bits per heavy atom. The van der Waals surface area contributed by atoms with Crippen molar-refractivity contribution in [3.05, 3.63) is 48.7 Å². The van der Waals surface area contributed by atoms with Gasteiger partial charge in [-0.3, -0.25) is 14.7 Å². The molecule has 5 heteroatoms. The number of methoxy groups -OCH3 is 1. The van der Waals surface area contributed by atoms with Gasteiger partial charge in [-0.15, -0.1) is 6.58 Å². The highest BCUT2D eigenvalue weighted by Crippen LogP contribution is 2.43. The molecule has 0 N–H and O–H groups in total. The fraction of sp³-hybridized carbons (Fsp3) is 0.478. The van der Waals surface area contributed by atoms with Gasteiger partial charge in [-0.1, -0.05) is 6.08 Å². The van der Waals surface area contributed by atoms with E-state index in [-0.39, 0.29) is 24.5 Å². The third-order valence-corrected chi connectivity index (χ3v) is 6.26. The molecular formula is C23H28N2O3. The van der Waals surface area contributed by atoms with Crippen molar-refractivity contribution in [2.45, 2.75) is 31.9 Å². The third-order valence-electron chi connectivity index (χ3n) is 6.26. The van der Waals surface area contributed by atoms with Crippen molar-refractivity contribution in [3.63, 3.8) is 0 Å². The standard InChI is InChI=1S/C23H28N2O3/c1-4-16-13-25-10-8-17(16)11-22(25)23(28-14-15(2)26)19-7-9-24-21-6-5-18(27-3)12-20(19)21/h4-7,9,12,16-17,22-23H,1,8,10-11,13-14H2,2-3H3/t16-,17?,22+,23-/m0/s1. The maximum Gasteiger partial charge on any atom is 0.155 e. The molecule has 5 nitrogen and oxygen atoms in total. The van der Waals surface area contributed by atoms with Crippen LogP contribution in [0.5, 0.6) is 5.75 Å². The van der Waals surface area contributed by atoms with Crippen LogP contribution < -0.4 is 4.74 Å². The van der Waals surface area contributed by atoms with Gasteiger partial charge in [0, 0.05) is 24.2 Å². The predicted molar refractivity (Wildman–Crippen MR) is 109 cm³/mol. The Labute approximate surface area is 166 Å².